The normalized spacial score (nSPS) is 10.0. The van der Waals surface area contributed by atoms with E-state index in [0.717, 1.165) is 32.4 Å². The van der Waals surface area contributed by atoms with Crippen LogP contribution in [0.4, 0.5) is 0 Å². The molecule has 0 saturated heterocycles. The number of carbonyl (C=O) groups excluding carboxylic acids is 1. The minimum absolute atomic E-state index is 0.299. The first-order chi connectivity index (χ1) is 9.72. The summed E-state index contributed by atoms with van der Waals surface area (Å²) in [5.41, 5.74) is 1.17. The third-order valence-corrected chi connectivity index (χ3v) is 2.91. The summed E-state index contributed by atoms with van der Waals surface area (Å²) >= 11 is 0. The molecule has 1 aromatic rings. The van der Waals surface area contributed by atoms with Crippen molar-refractivity contribution < 1.29 is 9.53 Å². The number of nitriles is 1. The summed E-state index contributed by atoms with van der Waals surface area (Å²) in [6, 6.07) is 9.69. The van der Waals surface area contributed by atoms with Crippen molar-refractivity contribution in [3.8, 4) is 11.8 Å². The molecule has 0 radical (unpaired) electrons. The van der Waals surface area contributed by atoms with E-state index >= 15 is 0 Å². The third kappa shape index (κ3) is 7.55. The molecule has 1 aromatic carbocycles. The van der Waals surface area contributed by atoms with Crippen molar-refractivity contribution in [2.45, 2.75) is 45.6 Å². The second-order valence-corrected chi connectivity index (χ2v) is 4.74. The zero-order valence-electron chi connectivity index (χ0n) is 12.0. The van der Waals surface area contributed by atoms with Crippen molar-refractivity contribution in [2.24, 2.45) is 0 Å². The maximum absolute atomic E-state index is 10.8. The van der Waals surface area contributed by atoms with Crippen molar-refractivity contribution in [2.75, 3.05) is 6.54 Å². The van der Waals surface area contributed by atoms with Crippen molar-refractivity contribution in [1.82, 2.24) is 5.32 Å². The fourth-order valence-corrected chi connectivity index (χ4v) is 1.88. The Bertz CT molecular complexity index is 435. The highest BCUT2D eigenvalue weighted by molar-refractivity contribution is 5.69. The number of hydrogen-bond donors (Lipinski definition) is 1. The van der Waals surface area contributed by atoms with Crippen LogP contribution in [0.5, 0.6) is 5.75 Å². The number of nitrogens with one attached hydrogen (secondary N) is 1. The molecule has 0 bridgehead atoms. The molecular weight excluding hydrogens is 252 g/mol. The molecule has 0 spiro atoms. The molecule has 0 fully saturated rings. The molecule has 0 aliphatic heterocycles. The summed E-state index contributed by atoms with van der Waals surface area (Å²) < 4.78 is 4.98. The predicted molar refractivity (Wildman–Crippen MR) is 78.2 cm³/mol. The molecule has 0 aliphatic rings. The van der Waals surface area contributed by atoms with Gasteiger partial charge in [-0.25, -0.2) is 0 Å². The van der Waals surface area contributed by atoms with Gasteiger partial charge in [-0.2, -0.15) is 5.26 Å². The van der Waals surface area contributed by atoms with Crippen LogP contribution in [0.1, 0.15) is 44.6 Å². The number of unbranched alkanes of at least 4 members (excludes halogenated alkanes) is 4. The second-order valence-electron chi connectivity index (χ2n) is 4.74. The van der Waals surface area contributed by atoms with E-state index in [-0.39, 0.29) is 5.97 Å². The van der Waals surface area contributed by atoms with Crippen LogP contribution in [0.3, 0.4) is 0 Å². The smallest absolute Gasteiger partial charge is 0.308 e. The average molecular weight is 274 g/mol. The number of ether oxygens (including phenoxy) is 1. The fraction of sp³-hybridized carbons (Fsp3) is 0.500. The molecule has 1 rings (SSSR count). The Balaban J connectivity index is 2.10. The van der Waals surface area contributed by atoms with Crippen molar-refractivity contribution in [3.05, 3.63) is 29.8 Å². The van der Waals surface area contributed by atoms with Gasteiger partial charge in [0.05, 0.1) is 6.07 Å². The number of benzene rings is 1. The molecular formula is C16H22N2O2. The quantitative estimate of drug-likeness (QED) is 0.427. The monoisotopic (exact) mass is 274 g/mol. The van der Waals surface area contributed by atoms with Crippen molar-refractivity contribution >= 4 is 5.97 Å². The minimum Gasteiger partial charge on any atom is -0.427 e. The van der Waals surface area contributed by atoms with Gasteiger partial charge in [0.15, 0.2) is 0 Å². The van der Waals surface area contributed by atoms with E-state index in [2.05, 4.69) is 11.4 Å². The average Bonchev–Trinajstić information content (AvgIpc) is 2.43. The van der Waals surface area contributed by atoms with E-state index in [0.29, 0.717) is 12.2 Å². The molecule has 0 amide bonds. The van der Waals surface area contributed by atoms with Crippen molar-refractivity contribution in [1.29, 1.82) is 5.26 Å². The Kier molecular flexibility index (Phi) is 8.09. The maximum Gasteiger partial charge on any atom is 0.308 e. The van der Waals surface area contributed by atoms with E-state index in [1.165, 1.54) is 18.9 Å². The lowest BCUT2D eigenvalue weighted by atomic mass is 10.1. The lowest BCUT2D eigenvalue weighted by Gasteiger charge is -2.06. The van der Waals surface area contributed by atoms with Crippen LogP contribution >= 0.6 is 0 Å². The summed E-state index contributed by atoms with van der Waals surface area (Å²) in [6.07, 6.45) is 5.11. The van der Waals surface area contributed by atoms with E-state index in [1.807, 2.05) is 12.1 Å². The van der Waals surface area contributed by atoms with Crippen LogP contribution in [-0.4, -0.2) is 12.5 Å². The lowest BCUT2D eigenvalue weighted by molar-refractivity contribution is -0.131. The molecule has 0 aliphatic carbocycles. The van der Waals surface area contributed by atoms with Crippen LogP contribution in [0.2, 0.25) is 0 Å². The van der Waals surface area contributed by atoms with Gasteiger partial charge in [-0.1, -0.05) is 25.0 Å². The zero-order valence-corrected chi connectivity index (χ0v) is 12.0. The minimum atomic E-state index is -0.299. The first-order valence-corrected chi connectivity index (χ1v) is 7.07. The molecule has 0 atom stereocenters. The van der Waals surface area contributed by atoms with Gasteiger partial charge in [0.25, 0.3) is 0 Å². The molecule has 108 valence electrons. The highest BCUT2D eigenvalue weighted by Crippen LogP contribution is 2.12. The van der Waals surface area contributed by atoms with Crippen LogP contribution in [0, 0.1) is 11.3 Å². The molecule has 4 heteroatoms. The van der Waals surface area contributed by atoms with E-state index in [4.69, 9.17) is 10.00 Å². The highest BCUT2D eigenvalue weighted by Gasteiger charge is 1.98. The number of rotatable bonds is 9. The topological polar surface area (TPSA) is 62.1 Å². The summed E-state index contributed by atoms with van der Waals surface area (Å²) in [7, 11) is 0. The lowest BCUT2D eigenvalue weighted by Crippen LogP contribution is -2.14. The van der Waals surface area contributed by atoms with Gasteiger partial charge in [-0.15, -0.1) is 0 Å². The van der Waals surface area contributed by atoms with Gasteiger partial charge in [-0.3, -0.25) is 4.79 Å². The largest absolute Gasteiger partial charge is 0.427 e. The van der Waals surface area contributed by atoms with Gasteiger partial charge in [0, 0.05) is 19.9 Å². The summed E-state index contributed by atoms with van der Waals surface area (Å²) in [6.45, 7) is 3.20. The predicted octanol–water partition coefficient (Wildman–Crippen LogP) is 3.18. The van der Waals surface area contributed by atoms with Gasteiger partial charge < -0.3 is 10.1 Å². The van der Waals surface area contributed by atoms with Crippen LogP contribution in [-0.2, 0) is 11.3 Å². The third-order valence-electron chi connectivity index (χ3n) is 2.91. The van der Waals surface area contributed by atoms with E-state index in [1.54, 1.807) is 12.1 Å². The first-order valence-electron chi connectivity index (χ1n) is 7.07. The van der Waals surface area contributed by atoms with Gasteiger partial charge >= 0.3 is 5.97 Å². The number of esters is 1. The van der Waals surface area contributed by atoms with Crippen LogP contribution in [0.15, 0.2) is 24.3 Å². The Morgan fingerprint density at radius 3 is 2.55 bits per heavy atom. The Morgan fingerprint density at radius 1 is 1.20 bits per heavy atom. The Morgan fingerprint density at radius 2 is 1.90 bits per heavy atom. The van der Waals surface area contributed by atoms with E-state index < -0.39 is 0 Å². The molecule has 0 saturated carbocycles. The van der Waals surface area contributed by atoms with Crippen molar-refractivity contribution in [3.63, 3.8) is 0 Å². The zero-order chi connectivity index (χ0) is 14.6. The van der Waals surface area contributed by atoms with E-state index in [9.17, 15) is 4.79 Å². The van der Waals surface area contributed by atoms with Gasteiger partial charge in [-0.05, 0) is 37.1 Å². The standard InChI is InChI=1S/C16H22N2O2/c1-14(19)20-16-9-7-15(8-10-16)13-18-12-6-4-2-3-5-11-17/h7-10,18H,2-6,12-13H2,1H3. The highest BCUT2D eigenvalue weighted by atomic mass is 16.5. The molecule has 0 aromatic heterocycles. The number of carbonyl (C=O) groups is 1. The molecule has 4 nitrogen and oxygen atoms in total. The van der Waals surface area contributed by atoms with Gasteiger partial charge in [0.1, 0.15) is 5.75 Å². The molecule has 0 unspecified atom stereocenters. The molecule has 20 heavy (non-hydrogen) atoms. The Hall–Kier alpha value is -1.86. The number of hydrogen-bond acceptors (Lipinski definition) is 4. The fourth-order valence-electron chi connectivity index (χ4n) is 1.88. The summed E-state index contributed by atoms with van der Waals surface area (Å²) in [5, 5.41) is 11.8. The molecule has 1 N–H and O–H groups in total. The van der Waals surface area contributed by atoms with Crippen LogP contribution in [0.25, 0.3) is 0 Å². The number of nitrogens with zero attached hydrogens (tertiary/aromatic N) is 1. The maximum atomic E-state index is 10.8. The second kappa shape index (κ2) is 9.99. The summed E-state index contributed by atoms with van der Waals surface area (Å²) in [5.74, 6) is 0.283. The molecule has 0 heterocycles. The first kappa shape index (κ1) is 16.2. The van der Waals surface area contributed by atoms with Gasteiger partial charge in [0.2, 0.25) is 0 Å². The SMILES string of the molecule is CC(=O)Oc1ccc(CNCCCCCCC#N)cc1. The summed E-state index contributed by atoms with van der Waals surface area (Å²) in [4.78, 5) is 10.8. The Labute approximate surface area is 120 Å². The van der Waals surface area contributed by atoms with Crippen LogP contribution < -0.4 is 10.1 Å².